The van der Waals surface area contributed by atoms with Gasteiger partial charge in [-0.05, 0) is 31.5 Å². The minimum Gasteiger partial charge on any atom is -0.397 e. The summed E-state index contributed by atoms with van der Waals surface area (Å²) in [4.78, 5) is 11.5. The van der Waals surface area contributed by atoms with Crippen molar-refractivity contribution in [3.63, 3.8) is 0 Å². The zero-order chi connectivity index (χ0) is 13.3. The number of rotatable bonds is 4. The number of ether oxygens (including phenoxy) is 1. The Morgan fingerprint density at radius 2 is 2.22 bits per heavy atom. The number of benzene rings is 1. The van der Waals surface area contributed by atoms with Gasteiger partial charge in [0.25, 0.3) is 5.91 Å². The summed E-state index contributed by atoms with van der Waals surface area (Å²) >= 11 is 0. The van der Waals surface area contributed by atoms with Crippen LogP contribution in [0.4, 0.5) is 11.4 Å². The van der Waals surface area contributed by atoms with Gasteiger partial charge in [-0.2, -0.15) is 0 Å². The smallest absolute Gasteiger partial charge is 0.251 e. The van der Waals surface area contributed by atoms with Gasteiger partial charge in [-0.15, -0.1) is 0 Å². The van der Waals surface area contributed by atoms with Gasteiger partial charge >= 0.3 is 0 Å². The molecule has 0 bridgehead atoms. The number of methoxy groups -OCH3 is 1. The van der Waals surface area contributed by atoms with E-state index in [1.807, 2.05) is 19.9 Å². The summed E-state index contributed by atoms with van der Waals surface area (Å²) in [6.07, 6.45) is 0. The van der Waals surface area contributed by atoms with Crippen molar-refractivity contribution < 1.29 is 9.53 Å². The zero-order valence-corrected chi connectivity index (χ0v) is 11.0. The number of nitrogen functional groups attached to an aromatic ring is 1. The maximum Gasteiger partial charge on any atom is 0.251 e. The molecular formula is C13H19N3O2. The van der Waals surface area contributed by atoms with Gasteiger partial charge < -0.3 is 21.1 Å². The van der Waals surface area contributed by atoms with Crippen molar-refractivity contribution in [2.45, 2.75) is 26.0 Å². The third kappa shape index (κ3) is 2.41. The van der Waals surface area contributed by atoms with E-state index in [0.29, 0.717) is 24.3 Å². The number of carbonyl (C=O) groups is 1. The van der Waals surface area contributed by atoms with Crippen molar-refractivity contribution in [2.24, 2.45) is 0 Å². The highest BCUT2D eigenvalue weighted by Crippen LogP contribution is 2.27. The second-order valence-electron chi connectivity index (χ2n) is 5.10. The van der Waals surface area contributed by atoms with Crippen LogP contribution in [0.2, 0.25) is 0 Å². The fourth-order valence-corrected chi connectivity index (χ4v) is 1.82. The Morgan fingerprint density at radius 3 is 2.89 bits per heavy atom. The first-order valence-electron chi connectivity index (χ1n) is 5.92. The number of anilines is 2. The first kappa shape index (κ1) is 12.7. The van der Waals surface area contributed by atoms with Crippen molar-refractivity contribution in [2.75, 3.05) is 24.7 Å². The molecule has 0 saturated carbocycles. The molecule has 0 fully saturated rings. The Kier molecular flexibility index (Phi) is 3.17. The Bertz CT molecular complexity index is 483. The van der Waals surface area contributed by atoms with E-state index >= 15 is 0 Å². The number of hydrogen-bond donors (Lipinski definition) is 3. The summed E-state index contributed by atoms with van der Waals surface area (Å²) in [5.74, 6) is -0.0551. The third-order valence-corrected chi connectivity index (χ3v) is 3.22. The number of carbonyl (C=O) groups excluding carboxylic acids is 1. The molecule has 0 saturated heterocycles. The molecule has 1 aliphatic rings. The van der Waals surface area contributed by atoms with Gasteiger partial charge in [-0.1, -0.05) is 0 Å². The normalized spacial score (nSPS) is 14.3. The van der Waals surface area contributed by atoms with Crippen molar-refractivity contribution in [1.82, 2.24) is 5.32 Å². The molecule has 1 aromatic rings. The van der Waals surface area contributed by atoms with Crippen LogP contribution in [0, 0.1) is 0 Å². The Hall–Kier alpha value is -1.75. The number of fused-ring (bicyclic) bond motifs is 1. The van der Waals surface area contributed by atoms with Gasteiger partial charge in [-0.25, -0.2) is 0 Å². The summed E-state index contributed by atoms with van der Waals surface area (Å²) in [5, 5.41) is 6.04. The average Bonchev–Trinajstić information content (AvgIpc) is 2.68. The predicted octanol–water partition coefficient (Wildman–Crippen LogP) is 1.35. The van der Waals surface area contributed by atoms with Gasteiger partial charge in [0, 0.05) is 25.8 Å². The molecular weight excluding hydrogens is 230 g/mol. The van der Waals surface area contributed by atoms with E-state index < -0.39 is 0 Å². The maximum absolute atomic E-state index is 11.5. The molecule has 1 heterocycles. The van der Waals surface area contributed by atoms with Crippen LogP contribution in [0.3, 0.4) is 0 Å². The average molecular weight is 249 g/mol. The van der Waals surface area contributed by atoms with E-state index in [1.165, 1.54) is 0 Å². The molecule has 2 rings (SSSR count). The van der Waals surface area contributed by atoms with E-state index in [1.54, 1.807) is 13.2 Å². The summed E-state index contributed by atoms with van der Waals surface area (Å²) < 4.78 is 5.34. The molecule has 0 spiro atoms. The molecule has 0 unspecified atom stereocenters. The fourth-order valence-electron chi connectivity index (χ4n) is 1.82. The lowest BCUT2D eigenvalue weighted by Crippen LogP contribution is -2.32. The Balaban J connectivity index is 2.18. The summed E-state index contributed by atoms with van der Waals surface area (Å²) in [5.41, 5.74) is 8.75. The number of nitrogens with two attached hydrogens (primary N) is 1. The lowest BCUT2D eigenvalue weighted by atomic mass is 10.1. The largest absolute Gasteiger partial charge is 0.397 e. The second kappa shape index (κ2) is 4.49. The SMILES string of the molecule is COC(C)(C)CNc1cc2c(cc1N)C(=O)NC2. The predicted molar refractivity (Wildman–Crippen MR) is 71.6 cm³/mol. The molecule has 0 aromatic heterocycles. The second-order valence-corrected chi connectivity index (χ2v) is 5.10. The quantitative estimate of drug-likeness (QED) is 0.704. The third-order valence-electron chi connectivity index (χ3n) is 3.22. The van der Waals surface area contributed by atoms with Crippen molar-refractivity contribution >= 4 is 17.3 Å². The van der Waals surface area contributed by atoms with Gasteiger partial charge in [0.15, 0.2) is 0 Å². The van der Waals surface area contributed by atoms with Crippen LogP contribution in [0.5, 0.6) is 0 Å². The molecule has 1 aliphatic heterocycles. The molecule has 5 heteroatoms. The molecule has 0 atom stereocenters. The topological polar surface area (TPSA) is 76.4 Å². The summed E-state index contributed by atoms with van der Waals surface area (Å²) in [6.45, 7) is 5.20. The lowest BCUT2D eigenvalue weighted by molar-refractivity contribution is 0.0344. The van der Waals surface area contributed by atoms with Crippen LogP contribution in [0.25, 0.3) is 0 Å². The lowest BCUT2D eigenvalue weighted by Gasteiger charge is -2.24. The number of nitrogens with one attached hydrogen (secondary N) is 2. The fraction of sp³-hybridized carbons (Fsp3) is 0.462. The van der Waals surface area contributed by atoms with E-state index in [2.05, 4.69) is 10.6 Å². The van der Waals surface area contributed by atoms with Crippen LogP contribution in [-0.2, 0) is 11.3 Å². The van der Waals surface area contributed by atoms with Crippen LogP contribution in [0.15, 0.2) is 12.1 Å². The molecule has 5 nitrogen and oxygen atoms in total. The first-order chi connectivity index (χ1) is 8.43. The van der Waals surface area contributed by atoms with Crippen LogP contribution in [-0.4, -0.2) is 25.2 Å². The minimum absolute atomic E-state index is 0.0551. The molecule has 1 aromatic carbocycles. The van der Waals surface area contributed by atoms with Crippen LogP contribution >= 0.6 is 0 Å². The molecule has 0 aliphatic carbocycles. The molecule has 18 heavy (non-hydrogen) atoms. The molecule has 0 radical (unpaired) electrons. The van der Waals surface area contributed by atoms with E-state index in [4.69, 9.17) is 10.5 Å². The van der Waals surface area contributed by atoms with E-state index in [-0.39, 0.29) is 11.5 Å². The van der Waals surface area contributed by atoms with Gasteiger partial charge in [-0.3, -0.25) is 4.79 Å². The molecule has 1 amide bonds. The highest BCUT2D eigenvalue weighted by molar-refractivity contribution is 6.00. The van der Waals surface area contributed by atoms with Crippen molar-refractivity contribution in [1.29, 1.82) is 0 Å². The Morgan fingerprint density at radius 1 is 1.50 bits per heavy atom. The zero-order valence-electron chi connectivity index (χ0n) is 11.0. The van der Waals surface area contributed by atoms with Gasteiger partial charge in [0.1, 0.15) is 0 Å². The monoisotopic (exact) mass is 249 g/mol. The Labute approximate surface area is 107 Å². The van der Waals surface area contributed by atoms with Crippen molar-refractivity contribution in [3.05, 3.63) is 23.3 Å². The van der Waals surface area contributed by atoms with E-state index in [9.17, 15) is 4.79 Å². The highest BCUT2D eigenvalue weighted by atomic mass is 16.5. The summed E-state index contributed by atoms with van der Waals surface area (Å²) in [7, 11) is 1.68. The maximum atomic E-state index is 11.5. The molecule has 98 valence electrons. The highest BCUT2D eigenvalue weighted by Gasteiger charge is 2.21. The van der Waals surface area contributed by atoms with Crippen LogP contribution < -0.4 is 16.4 Å². The van der Waals surface area contributed by atoms with Crippen LogP contribution in [0.1, 0.15) is 29.8 Å². The number of amides is 1. The number of hydrogen-bond acceptors (Lipinski definition) is 4. The van der Waals surface area contributed by atoms with Gasteiger partial charge in [0.05, 0.1) is 17.0 Å². The first-order valence-corrected chi connectivity index (χ1v) is 5.92. The minimum atomic E-state index is -0.264. The van der Waals surface area contributed by atoms with Gasteiger partial charge in [0.2, 0.25) is 0 Å². The van der Waals surface area contributed by atoms with E-state index in [0.717, 1.165) is 11.3 Å². The standard InChI is InChI=1S/C13H19N3O2/c1-13(2,18-3)7-16-11-4-8-6-15-12(17)9(8)5-10(11)14/h4-5,16H,6-7,14H2,1-3H3,(H,15,17). The molecule has 4 N–H and O–H groups in total. The summed E-state index contributed by atoms with van der Waals surface area (Å²) in [6, 6.07) is 3.65. The van der Waals surface area contributed by atoms with Crippen molar-refractivity contribution in [3.8, 4) is 0 Å².